The van der Waals surface area contributed by atoms with Crippen LogP contribution in [0, 0.1) is 5.82 Å². The van der Waals surface area contributed by atoms with Crippen molar-refractivity contribution in [2.24, 2.45) is 0 Å². The van der Waals surface area contributed by atoms with Crippen LogP contribution in [0.3, 0.4) is 0 Å². The van der Waals surface area contributed by atoms with Gasteiger partial charge in [0.1, 0.15) is 11.6 Å². The van der Waals surface area contributed by atoms with Crippen molar-refractivity contribution >= 4 is 50.2 Å². The number of imidazole rings is 1. The molecule has 0 bridgehead atoms. The van der Waals surface area contributed by atoms with E-state index in [4.69, 9.17) is 23.2 Å². The summed E-state index contributed by atoms with van der Waals surface area (Å²) in [6.45, 7) is 0. The molecule has 3 aromatic rings. The minimum atomic E-state index is -0.354. The number of aromatic amines is 1. The van der Waals surface area contributed by atoms with Crippen LogP contribution in [0.25, 0.3) is 22.4 Å². The lowest BCUT2D eigenvalue weighted by Crippen LogP contribution is -1.83. The Hall–Kier alpha value is -1.10. The summed E-state index contributed by atoms with van der Waals surface area (Å²) in [6.07, 6.45) is 0. The molecule has 0 fully saturated rings. The van der Waals surface area contributed by atoms with Crippen molar-refractivity contribution in [1.82, 2.24) is 9.97 Å². The Kier molecular flexibility index (Phi) is 3.25. The van der Waals surface area contributed by atoms with Crippen molar-refractivity contribution in [1.29, 1.82) is 0 Å². The molecular weight excluding hydrogens is 354 g/mol. The Balaban J connectivity index is 2.26. The highest BCUT2D eigenvalue weighted by Gasteiger charge is 2.13. The molecule has 0 amide bonds. The normalized spacial score (nSPS) is 11.2. The van der Waals surface area contributed by atoms with E-state index >= 15 is 0 Å². The van der Waals surface area contributed by atoms with Gasteiger partial charge in [-0.15, -0.1) is 0 Å². The maximum atomic E-state index is 13.5. The van der Waals surface area contributed by atoms with Gasteiger partial charge in [0, 0.05) is 6.07 Å². The third-order valence-electron chi connectivity index (χ3n) is 2.72. The Morgan fingerprint density at radius 1 is 1.16 bits per heavy atom. The second-order valence-electron chi connectivity index (χ2n) is 3.97. The zero-order valence-electron chi connectivity index (χ0n) is 9.35. The van der Waals surface area contributed by atoms with Gasteiger partial charge in [-0.2, -0.15) is 0 Å². The lowest BCUT2D eigenvalue weighted by molar-refractivity contribution is 0.623. The van der Waals surface area contributed by atoms with Gasteiger partial charge in [0.15, 0.2) is 0 Å². The number of hydrogen-bond donors (Lipinski definition) is 1. The van der Waals surface area contributed by atoms with Crippen LogP contribution in [0.5, 0.6) is 0 Å². The van der Waals surface area contributed by atoms with Crippen molar-refractivity contribution in [3.05, 3.63) is 50.7 Å². The molecule has 2 aromatic carbocycles. The average Bonchev–Trinajstić information content (AvgIpc) is 2.72. The van der Waals surface area contributed by atoms with Crippen LogP contribution < -0.4 is 0 Å². The van der Waals surface area contributed by atoms with E-state index in [-0.39, 0.29) is 5.82 Å². The van der Waals surface area contributed by atoms with Gasteiger partial charge in [0.2, 0.25) is 0 Å². The van der Waals surface area contributed by atoms with Crippen LogP contribution in [0.15, 0.2) is 34.8 Å². The molecule has 6 heteroatoms. The molecule has 0 spiro atoms. The Bertz CT molecular complexity index is 726. The van der Waals surface area contributed by atoms with E-state index in [0.717, 1.165) is 0 Å². The van der Waals surface area contributed by atoms with E-state index in [2.05, 4.69) is 25.9 Å². The van der Waals surface area contributed by atoms with Gasteiger partial charge in [-0.3, -0.25) is 0 Å². The van der Waals surface area contributed by atoms with E-state index in [1.165, 1.54) is 6.07 Å². The minimum absolute atomic E-state index is 0.354. The molecule has 19 heavy (non-hydrogen) atoms. The van der Waals surface area contributed by atoms with Crippen LogP contribution >= 0.6 is 39.1 Å². The number of rotatable bonds is 1. The summed E-state index contributed by atoms with van der Waals surface area (Å²) in [5, 5.41) is 0.984. The minimum Gasteiger partial charge on any atom is -0.338 e. The lowest BCUT2D eigenvalue weighted by Gasteiger charge is -2.02. The van der Waals surface area contributed by atoms with E-state index < -0.39 is 0 Å². The van der Waals surface area contributed by atoms with Crippen molar-refractivity contribution in [3.8, 4) is 11.4 Å². The molecule has 0 aliphatic heterocycles. The fraction of sp³-hybridized carbons (Fsp3) is 0. The highest BCUT2D eigenvalue weighted by Crippen LogP contribution is 2.34. The zero-order chi connectivity index (χ0) is 13.6. The molecule has 3 rings (SSSR count). The van der Waals surface area contributed by atoms with E-state index in [9.17, 15) is 4.39 Å². The van der Waals surface area contributed by atoms with Crippen LogP contribution in [-0.4, -0.2) is 9.97 Å². The van der Waals surface area contributed by atoms with Gasteiger partial charge in [-0.1, -0.05) is 29.3 Å². The molecule has 0 unspecified atom stereocenters. The predicted octanol–water partition coefficient (Wildman–Crippen LogP) is 5.44. The summed E-state index contributed by atoms with van der Waals surface area (Å²) < 4.78 is 13.8. The van der Waals surface area contributed by atoms with Crippen molar-refractivity contribution < 1.29 is 4.39 Å². The summed E-state index contributed by atoms with van der Waals surface area (Å²) in [7, 11) is 0. The number of nitrogens with zero attached hydrogens (tertiary/aromatic N) is 1. The number of H-pyrrole nitrogens is 1. The summed E-state index contributed by atoms with van der Waals surface area (Å²) in [5.74, 6) is 0.163. The van der Waals surface area contributed by atoms with E-state index in [1.54, 1.807) is 24.3 Å². The summed E-state index contributed by atoms with van der Waals surface area (Å²) in [6, 6.07) is 8.20. The Morgan fingerprint density at radius 3 is 2.53 bits per heavy atom. The fourth-order valence-electron chi connectivity index (χ4n) is 1.85. The molecule has 0 saturated carbocycles. The fourth-order valence-corrected chi connectivity index (χ4v) is 2.76. The number of aromatic nitrogens is 2. The highest BCUT2D eigenvalue weighted by molar-refractivity contribution is 9.10. The Morgan fingerprint density at radius 2 is 1.84 bits per heavy atom. The van der Waals surface area contributed by atoms with Gasteiger partial charge in [-0.25, -0.2) is 9.37 Å². The summed E-state index contributed by atoms with van der Waals surface area (Å²) in [5.41, 5.74) is 1.84. The first-order valence-electron chi connectivity index (χ1n) is 5.35. The second-order valence-corrected chi connectivity index (χ2v) is 5.63. The van der Waals surface area contributed by atoms with Gasteiger partial charge in [-0.05, 0) is 34.1 Å². The smallest absolute Gasteiger partial charge is 0.141 e. The topological polar surface area (TPSA) is 28.7 Å². The van der Waals surface area contributed by atoms with Gasteiger partial charge < -0.3 is 4.98 Å². The molecule has 0 atom stereocenters. The molecule has 0 aliphatic rings. The quantitative estimate of drug-likeness (QED) is 0.615. The number of benzene rings is 2. The monoisotopic (exact) mass is 358 g/mol. The lowest BCUT2D eigenvalue weighted by atomic mass is 10.2. The third-order valence-corrected chi connectivity index (χ3v) is 3.96. The van der Waals surface area contributed by atoms with Crippen molar-refractivity contribution in [2.45, 2.75) is 0 Å². The van der Waals surface area contributed by atoms with Crippen LogP contribution in [0.2, 0.25) is 10.0 Å². The van der Waals surface area contributed by atoms with Gasteiger partial charge >= 0.3 is 0 Å². The zero-order valence-corrected chi connectivity index (χ0v) is 12.4. The maximum absolute atomic E-state index is 13.5. The number of nitrogens with one attached hydrogen (secondary N) is 1. The highest BCUT2D eigenvalue weighted by atomic mass is 79.9. The molecule has 0 aliphatic carbocycles. The van der Waals surface area contributed by atoms with Crippen LogP contribution in [0.1, 0.15) is 0 Å². The predicted molar refractivity (Wildman–Crippen MR) is 79.2 cm³/mol. The number of halogens is 4. The Labute approximate surface area is 126 Å². The van der Waals surface area contributed by atoms with Gasteiger partial charge in [0.05, 0.1) is 31.1 Å². The van der Waals surface area contributed by atoms with Crippen LogP contribution in [0.4, 0.5) is 4.39 Å². The number of hydrogen-bond acceptors (Lipinski definition) is 1. The maximum Gasteiger partial charge on any atom is 0.141 e. The summed E-state index contributed by atoms with van der Waals surface area (Å²) >= 11 is 15.4. The molecule has 96 valence electrons. The molecule has 2 nitrogen and oxygen atoms in total. The molecule has 1 aromatic heterocycles. The molecule has 1 heterocycles. The van der Waals surface area contributed by atoms with E-state index in [1.807, 2.05) is 0 Å². The molecule has 1 N–H and O–H groups in total. The van der Waals surface area contributed by atoms with Gasteiger partial charge in [0.25, 0.3) is 0 Å². The first-order chi connectivity index (χ1) is 9.06. The molecular formula is C13H6BrCl2FN2. The van der Waals surface area contributed by atoms with Crippen molar-refractivity contribution in [3.63, 3.8) is 0 Å². The molecule has 0 radical (unpaired) electrons. The first-order valence-corrected chi connectivity index (χ1v) is 6.90. The second kappa shape index (κ2) is 4.78. The summed E-state index contributed by atoms with van der Waals surface area (Å²) in [4.78, 5) is 7.41. The van der Waals surface area contributed by atoms with E-state index in [0.29, 0.717) is 36.9 Å². The third kappa shape index (κ3) is 2.24. The number of fused-ring (bicyclic) bond motifs is 1. The largest absolute Gasteiger partial charge is 0.338 e. The molecule has 0 saturated heterocycles. The first kappa shape index (κ1) is 12.9. The standard InChI is InChI=1S/C13H6BrCl2FN2/c14-6-4-10-11(5-9(6)17)19-13(18-10)12-7(15)2-1-3-8(12)16/h1-5H,(H,18,19). The SMILES string of the molecule is Fc1cc2[nH]c(-c3c(Cl)cccc3Cl)nc2cc1Br. The average molecular weight is 360 g/mol. The van der Waals surface area contributed by atoms with Crippen molar-refractivity contribution in [2.75, 3.05) is 0 Å². The van der Waals surface area contributed by atoms with Crippen LogP contribution in [-0.2, 0) is 0 Å².